The van der Waals surface area contributed by atoms with Crippen molar-refractivity contribution in [2.24, 2.45) is 5.10 Å². The lowest BCUT2D eigenvalue weighted by Gasteiger charge is -2.17. The standard InChI is InChI=1S/C26H24BrCl2N3O3/c1-34-24-12-19(22(27)14-25(24)35-16-18-4-7-20(28)13-23(18)29)15-30-31-26(33)17-5-8-21(9-6-17)32-10-2-3-11-32/h4-9,12-15H,2-3,10-11,16H2,1H3,(H,31,33)/b30-15-. The van der Waals surface area contributed by atoms with Crippen molar-refractivity contribution >= 4 is 56.9 Å². The molecule has 35 heavy (non-hydrogen) atoms. The summed E-state index contributed by atoms with van der Waals surface area (Å²) in [6.07, 6.45) is 3.96. The molecule has 1 N–H and O–H groups in total. The summed E-state index contributed by atoms with van der Waals surface area (Å²) in [5.41, 5.74) is 5.77. The first-order chi connectivity index (χ1) is 16.9. The lowest BCUT2D eigenvalue weighted by molar-refractivity contribution is 0.0955. The Labute approximate surface area is 222 Å². The Hall–Kier alpha value is -2.74. The van der Waals surface area contributed by atoms with Gasteiger partial charge < -0.3 is 14.4 Å². The molecule has 6 nitrogen and oxygen atoms in total. The minimum atomic E-state index is -0.280. The number of carbonyl (C=O) groups excluding carboxylic acids is 1. The van der Waals surface area contributed by atoms with Gasteiger partial charge in [-0.1, -0.05) is 29.3 Å². The molecule has 9 heteroatoms. The Morgan fingerprint density at radius 3 is 2.51 bits per heavy atom. The SMILES string of the molecule is COc1cc(/C=N\NC(=O)c2ccc(N3CCCC3)cc2)c(Br)cc1OCc1ccc(Cl)cc1Cl. The molecule has 4 rings (SSSR count). The maximum atomic E-state index is 12.5. The van der Waals surface area contributed by atoms with Gasteiger partial charge in [0.2, 0.25) is 0 Å². The van der Waals surface area contributed by atoms with Crippen LogP contribution in [0, 0.1) is 0 Å². The van der Waals surface area contributed by atoms with Crippen molar-refractivity contribution in [1.29, 1.82) is 0 Å². The first-order valence-corrected chi connectivity index (χ1v) is 12.6. The van der Waals surface area contributed by atoms with Gasteiger partial charge in [-0.15, -0.1) is 0 Å². The van der Waals surface area contributed by atoms with Crippen molar-refractivity contribution in [1.82, 2.24) is 5.43 Å². The highest BCUT2D eigenvalue weighted by molar-refractivity contribution is 9.10. The summed E-state index contributed by atoms with van der Waals surface area (Å²) < 4.78 is 12.1. The minimum absolute atomic E-state index is 0.249. The van der Waals surface area contributed by atoms with Crippen LogP contribution >= 0.6 is 39.1 Å². The van der Waals surface area contributed by atoms with Crippen LogP contribution in [0.5, 0.6) is 11.5 Å². The largest absolute Gasteiger partial charge is 0.493 e. The molecule has 0 aliphatic carbocycles. The second-order valence-corrected chi connectivity index (χ2v) is 9.69. The number of amides is 1. The highest BCUT2D eigenvalue weighted by Gasteiger charge is 2.14. The number of anilines is 1. The maximum absolute atomic E-state index is 12.5. The molecule has 0 unspecified atom stereocenters. The van der Waals surface area contributed by atoms with E-state index in [-0.39, 0.29) is 12.5 Å². The molecule has 1 saturated heterocycles. The first-order valence-electron chi connectivity index (χ1n) is 11.1. The summed E-state index contributed by atoms with van der Waals surface area (Å²) in [6, 6.07) is 16.4. The third-order valence-electron chi connectivity index (χ3n) is 5.65. The van der Waals surface area contributed by atoms with Gasteiger partial charge in [-0.25, -0.2) is 5.43 Å². The average molecular weight is 577 g/mol. The molecule has 3 aromatic rings. The van der Waals surface area contributed by atoms with Gasteiger partial charge in [0.05, 0.1) is 13.3 Å². The molecule has 3 aromatic carbocycles. The van der Waals surface area contributed by atoms with Gasteiger partial charge in [-0.05, 0) is 77.3 Å². The molecular weight excluding hydrogens is 553 g/mol. The van der Waals surface area contributed by atoms with E-state index in [1.165, 1.54) is 12.8 Å². The Kier molecular flexibility index (Phi) is 8.55. The number of benzene rings is 3. The number of methoxy groups -OCH3 is 1. The molecule has 0 bridgehead atoms. The number of hydrazone groups is 1. The number of hydrogen-bond donors (Lipinski definition) is 1. The van der Waals surface area contributed by atoms with Gasteiger partial charge in [0.15, 0.2) is 11.5 Å². The summed E-state index contributed by atoms with van der Waals surface area (Å²) >= 11 is 15.7. The van der Waals surface area contributed by atoms with E-state index in [0.29, 0.717) is 32.7 Å². The molecule has 1 heterocycles. The predicted octanol–water partition coefficient (Wildman–Crippen LogP) is 6.71. The first kappa shape index (κ1) is 25.4. The van der Waals surface area contributed by atoms with Crippen molar-refractivity contribution in [3.63, 3.8) is 0 Å². The fourth-order valence-electron chi connectivity index (χ4n) is 3.74. The molecule has 0 aromatic heterocycles. The van der Waals surface area contributed by atoms with Crippen molar-refractivity contribution in [2.75, 3.05) is 25.1 Å². The van der Waals surface area contributed by atoms with Crippen LogP contribution in [0.4, 0.5) is 5.69 Å². The van der Waals surface area contributed by atoms with Gasteiger partial charge in [-0.2, -0.15) is 5.10 Å². The van der Waals surface area contributed by atoms with Gasteiger partial charge >= 0.3 is 0 Å². The normalized spacial score (nSPS) is 13.3. The lowest BCUT2D eigenvalue weighted by Crippen LogP contribution is -2.19. The molecule has 0 spiro atoms. The number of nitrogens with zero attached hydrogens (tertiary/aromatic N) is 2. The molecular formula is C26H24BrCl2N3O3. The second kappa shape index (κ2) is 11.8. The van der Waals surface area contributed by atoms with Gasteiger partial charge in [0.1, 0.15) is 6.61 Å². The minimum Gasteiger partial charge on any atom is -0.493 e. The highest BCUT2D eigenvalue weighted by Crippen LogP contribution is 2.34. The second-order valence-electron chi connectivity index (χ2n) is 7.99. The zero-order valence-electron chi connectivity index (χ0n) is 19.1. The van der Waals surface area contributed by atoms with E-state index in [0.717, 1.165) is 28.8 Å². The molecule has 0 saturated carbocycles. The molecule has 1 aliphatic heterocycles. The van der Waals surface area contributed by atoms with E-state index in [1.807, 2.05) is 30.3 Å². The Morgan fingerprint density at radius 1 is 1.09 bits per heavy atom. The summed E-state index contributed by atoms with van der Waals surface area (Å²) in [4.78, 5) is 14.8. The van der Waals surface area contributed by atoms with Crippen molar-refractivity contribution in [2.45, 2.75) is 19.4 Å². The van der Waals surface area contributed by atoms with E-state index in [9.17, 15) is 4.79 Å². The number of nitrogens with one attached hydrogen (secondary N) is 1. The van der Waals surface area contributed by atoms with E-state index < -0.39 is 0 Å². The molecule has 1 amide bonds. The maximum Gasteiger partial charge on any atom is 0.271 e. The fraction of sp³-hybridized carbons (Fsp3) is 0.231. The van der Waals surface area contributed by atoms with Crippen LogP contribution in [0.15, 0.2) is 64.2 Å². The van der Waals surface area contributed by atoms with Gasteiger partial charge in [-0.3, -0.25) is 4.79 Å². The Morgan fingerprint density at radius 2 is 1.83 bits per heavy atom. The van der Waals surface area contributed by atoms with Crippen molar-refractivity contribution in [3.05, 3.63) is 85.8 Å². The summed E-state index contributed by atoms with van der Waals surface area (Å²) in [5.74, 6) is 0.769. The lowest BCUT2D eigenvalue weighted by atomic mass is 10.2. The smallest absolute Gasteiger partial charge is 0.271 e. The van der Waals surface area contributed by atoms with E-state index in [1.54, 1.807) is 37.6 Å². The quantitative estimate of drug-likeness (QED) is 0.239. The van der Waals surface area contributed by atoms with Crippen LogP contribution in [0.25, 0.3) is 0 Å². The number of ether oxygens (including phenoxy) is 2. The molecule has 182 valence electrons. The van der Waals surface area contributed by atoms with Crippen LogP contribution in [-0.2, 0) is 6.61 Å². The van der Waals surface area contributed by atoms with Crippen LogP contribution in [0.3, 0.4) is 0 Å². The van der Waals surface area contributed by atoms with E-state index in [4.69, 9.17) is 32.7 Å². The molecule has 1 fully saturated rings. The van der Waals surface area contributed by atoms with Crippen molar-refractivity contribution in [3.8, 4) is 11.5 Å². The third-order valence-corrected chi connectivity index (χ3v) is 6.93. The zero-order chi connectivity index (χ0) is 24.8. The third kappa shape index (κ3) is 6.48. The van der Waals surface area contributed by atoms with E-state index in [2.05, 4.69) is 31.4 Å². The van der Waals surface area contributed by atoms with Crippen LogP contribution in [0.2, 0.25) is 10.0 Å². The summed E-state index contributed by atoms with van der Waals surface area (Å²) in [5, 5.41) is 5.20. The van der Waals surface area contributed by atoms with Gasteiger partial charge in [0, 0.05) is 50.0 Å². The highest BCUT2D eigenvalue weighted by atomic mass is 79.9. The van der Waals surface area contributed by atoms with E-state index >= 15 is 0 Å². The zero-order valence-corrected chi connectivity index (χ0v) is 22.2. The molecule has 0 radical (unpaired) electrons. The van der Waals surface area contributed by atoms with Crippen LogP contribution in [0.1, 0.15) is 34.3 Å². The summed E-state index contributed by atoms with van der Waals surface area (Å²) in [6.45, 7) is 2.37. The van der Waals surface area contributed by atoms with Gasteiger partial charge in [0.25, 0.3) is 5.91 Å². The number of hydrogen-bond acceptors (Lipinski definition) is 5. The topological polar surface area (TPSA) is 63.2 Å². The number of rotatable bonds is 8. The number of halogens is 3. The Balaban J connectivity index is 1.39. The summed E-state index contributed by atoms with van der Waals surface area (Å²) in [7, 11) is 1.56. The van der Waals surface area contributed by atoms with Crippen LogP contribution < -0.4 is 19.8 Å². The monoisotopic (exact) mass is 575 g/mol. The molecule has 1 aliphatic rings. The average Bonchev–Trinajstić information content (AvgIpc) is 3.40. The number of carbonyl (C=O) groups is 1. The Bertz CT molecular complexity index is 1230. The molecule has 0 atom stereocenters. The fourth-order valence-corrected chi connectivity index (χ4v) is 4.63. The predicted molar refractivity (Wildman–Crippen MR) is 144 cm³/mol. The van der Waals surface area contributed by atoms with Crippen molar-refractivity contribution < 1.29 is 14.3 Å². The van der Waals surface area contributed by atoms with Crippen LogP contribution in [-0.4, -0.2) is 32.3 Å².